The Bertz CT molecular complexity index is 917. The van der Waals surface area contributed by atoms with E-state index < -0.39 is 36.9 Å². The van der Waals surface area contributed by atoms with Gasteiger partial charge in [-0.1, -0.05) is 335 Å². The van der Waals surface area contributed by atoms with Gasteiger partial charge in [-0.15, -0.1) is 0 Å². The van der Waals surface area contributed by atoms with Crippen LogP contribution in [0.3, 0.4) is 0 Å². The van der Waals surface area contributed by atoms with E-state index in [1.54, 1.807) is 0 Å². The summed E-state index contributed by atoms with van der Waals surface area (Å²) in [6.45, 7) is 4.08. The number of unbranched alkanes of at least 4 members (excludes halogenated alkanes) is 48. The SMILES string of the molecule is CCCCCCCCCCCCCCCCCCCCCCCCCCCCCCCCCCCCCCCCC(O)C(=O)NC(CO)C(O)C(O)CCCCCCCCCCCCCC. The molecule has 0 aliphatic heterocycles. The van der Waals surface area contributed by atoms with E-state index >= 15 is 0 Å². The van der Waals surface area contributed by atoms with Crippen LogP contribution >= 0.6 is 0 Å². The molecule has 4 atom stereocenters. The molecule has 0 heterocycles. The van der Waals surface area contributed by atoms with E-state index in [1.165, 1.54) is 283 Å². The molecule has 6 heteroatoms. The van der Waals surface area contributed by atoms with E-state index in [9.17, 15) is 25.2 Å². The second-order valence-electron chi connectivity index (χ2n) is 21.4. The lowest BCUT2D eigenvalue weighted by Gasteiger charge is -2.27. The number of carbonyl (C=O) groups is 1. The number of hydrogen-bond acceptors (Lipinski definition) is 5. The number of aliphatic hydroxyl groups excluding tert-OH is 4. The molecule has 0 bridgehead atoms. The standard InChI is InChI=1S/C60H121NO5/c1-3-5-7-9-11-13-15-17-18-19-20-21-22-23-24-25-26-27-28-29-30-31-32-33-34-35-36-37-38-39-40-41-42-44-46-48-50-52-54-58(64)60(66)61-56(55-62)59(65)57(63)53-51-49-47-45-43-16-14-12-10-8-6-4-2/h56-59,62-65H,3-55H2,1-2H3,(H,61,66). The van der Waals surface area contributed by atoms with Crippen LogP contribution in [-0.2, 0) is 4.79 Å². The summed E-state index contributed by atoms with van der Waals surface area (Å²) in [4.78, 5) is 12.6. The van der Waals surface area contributed by atoms with Crippen molar-refractivity contribution in [3.63, 3.8) is 0 Å². The van der Waals surface area contributed by atoms with Crippen LogP contribution in [0.1, 0.15) is 348 Å². The highest BCUT2D eigenvalue weighted by atomic mass is 16.3. The second kappa shape index (κ2) is 55.2. The third-order valence-electron chi connectivity index (χ3n) is 14.8. The normalized spacial score (nSPS) is 13.6. The lowest BCUT2D eigenvalue weighted by Crippen LogP contribution is -2.53. The molecule has 0 aromatic carbocycles. The van der Waals surface area contributed by atoms with Gasteiger partial charge in [-0.05, 0) is 12.8 Å². The number of hydrogen-bond donors (Lipinski definition) is 5. The molecule has 0 radical (unpaired) electrons. The predicted octanol–water partition coefficient (Wildman–Crippen LogP) is 17.9. The molecule has 0 aliphatic rings. The van der Waals surface area contributed by atoms with E-state index in [1.807, 2.05) is 0 Å². The third-order valence-corrected chi connectivity index (χ3v) is 14.8. The van der Waals surface area contributed by atoms with Crippen LogP contribution in [0.15, 0.2) is 0 Å². The lowest BCUT2D eigenvalue weighted by molar-refractivity contribution is -0.132. The topological polar surface area (TPSA) is 110 Å². The van der Waals surface area contributed by atoms with Gasteiger partial charge < -0.3 is 25.7 Å². The first-order valence-corrected chi connectivity index (χ1v) is 30.4. The molecule has 0 saturated carbocycles. The minimum atomic E-state index is -1.25. The Morgan fingerprint density at radius 2 is 0.515 bits per heavy atom. The lowest BCUT2D eigenvalue weighted by atomic mass is 9.99. The average molecular weight is 937 g/mol. The fourth-order valence-electron chi connectivity index (χ4n) is 10.1. The van der Waals surface area contributed by atoms with Gasteiger partial charge in [0.05, 0.1) is 18.8 Å². The van der Waals surface area contributed by atoms with E-state index in [2.05, 4.69) is 19.2 Å². The van der Waals surface area contributed by atoms with E-state index in [4.69, 9.17) is 0 Å². The summed E-state index contributed by atoms with van der Waals surface area (Å²) in [6.07, 6.45) is 65.1. The maximum absolute atomic E-state index is 12.6. The molecule has 4 unspecified atom stereocenters. The summed E-state index contributed by atoms with van der Waals surface area (Å²) in [7, 11) is 0. The highest BCUT2D eigenvalue weighted by molar-refractivity contribution is 5.80. The first-order valence-electron chi connectivity index (χ1n) is 30.4. The smallest absolute Gasteiger partial charge is 0.249 e. The Morgan fingerprint density at radius 3 is 0.727 bits per heavy atom. The van der Waals surface area contributed by atoms with Crippen LogP contribution < -0.4 is 5.32 Å². The van der Waals surface area contributed by atoms with Crippen LogP contribution in [-0.4, -0.2) is 57.3 Å². The number of aliphatic hydroxyl groups is 4. The fraction of sp³-hybridized carbons (Fsp3) is 0.983. The fourth-order valence-corrected chi connectivity index (χ4v) is 10.1. The zero-order valence-corrected chi connectivity index (χ0v) is 45.0. The summed E-state index contributed by atoms with van der Waals surface area (Å²) in [6, 6.07) is -0.979. The van der Waals surface area contributed by atoms with Gasteiger partial charge in [0.1, 0.15) is 12.2 Å². The minimum Gasteiger partial charge on any atom is -0.394 e. The molecule has 1 amide bonds. The molecule has 0 saturated heterocycles. The zero-order chi connectivity index (χ0) is 48.1. The second-order valence-corrected chi connectivity index (χ2v) is 21.4. The average Bonchev–Trinajstić information content (AvgIpc) is 3.32. The monoisotopic (exact) mass is 936 g/mol. The van der Waals surface area contributed by atoms with Gasteiger partial charge in [0.25, 0.3) is 0 Å². The van der Waals surface area contributed by atoms with Crippen LogP contribution in [0.25, 0.3) is 0 Å². The van der Waals surface area contributed by atoms with E-state index in [0.717, 1.165) is 38.5 Å². The molecular weight excluding hydrogens is 815 g/mol. The molecule has 66 heavy (non-hydrogen) atoms. The van der Waals surface area contributed by atoms with Crippen LogP contribution in [0, 0.1) is 0 Å². The van der Waals surface area contributed by atoms with Crippen molar-refractivity contribution in [2.24, 2.45) is 0 Å². The van der Waals surface area contributed by atoms with Gasteiger partial charge in [-0.25, -0.2) is 0 Å². The van der Waals surface area contributed by atoms with Gasteiger partial charge in [-0.3, -0.25) is 4.79 Å². The highest BCUT2D eigenvalue weighted by Gasteiger charge is 2.28. The molecule has 0 fully saturated rings. The highest BCUT2D eigenvalue weighted by Crippen LogP contribution is 2.19. The van der Waals surface area contributed by atoms with E-state index in [0.29, 0.717) is 12.8 Å². The van der Waals surface area contributed by atoms with Crippen molar-refractivity contribution in [3.05, 3.63) is 0 Å². The molecule has 0 aromatic heterocycles. The summed E-state index contributed by atoms with van der Waals surface area (Å²) in [5.41, 5.74) is 0. The zero-order valence-electron chi connectivity index (χ0n) is 45.0. The molecule has 0 aliphatic carbocycles. The van der Waals surface area contributed by atoms with Crippen molar-refractivity contribution >= 4 is 5.91 Å². The minimum absolute atomic E-state index is 0.376. The number of rotatable bonds is 57. The Labute approximate surface area is 413 Å². The first-order chi connectivity index (χ1) is 32.5. The molecule has 396 valence electrons. The summed E-state index contributed by atoms with van der Waals surface area (Å²) in [5.74, 6) is -0.577. The van der Waals surface area contributed by atoms with Crippen molar-refractivity contribution in [3.8, 4) is 0 Å². The van der Waals surface area contributed by atoms with E-state index in [-0.39, 0.29) is 0 Å². The quantitative estimate of drug-likeness (QED) is 0.0390. The third kappa shape index (κ3) is 48.3. The van der Waals surface area contributed by atoms with Crippen LogP contribution in [0.2, 0.25) is 0 Å². The molecule has 6 nitrogen and oxygen atoms in total. The van der Waals surface area contributed by atoms with Gasteiger partial charge in [-0.2, -0.15) is 0 Å². The Hall–Kier alpha value is -0.690. The summed E-state index contributed by atoms with van der Waals surface area (Å²) in [5, 5.41) is 43.9. The largest absolute Gasteiger partial charge is 0.394 e. The molecule has 0 spiro atoms. The first kappa shape index (κ1) is 65.3. The molecule has 0 aromatic rings. The van der Waals surface area contributed by atoms with Gasteiger partial charge in [0.2, 0.25) is 5.91 Å². The molecule has 0 rings (SSSR count). The molecular formula is C60H121NO5. The number of nitrogens with one attached hydrogen (secondary N) is 1. The van der Waals surface area contributed by atoms with Crippen molar-refractivity contribution < 1.29 is 25.2 Å². The van der Waals surface area contributed by atoms with Crippen molar-refractivity contribution in [1.29, 1.82) is 0 Å². The van der Waals surface area contributed by atoms with Crippen LogP contribution in [0.5, 0.6) is 0 Å². The number of amides is 1. The van der Waals surface area contributed by atoms with Crippen molar-refractivity contribution in [2.45, 2.75) is 372 Å². The van der Waals surface area contributed by atoms with Crippen molar-refractivity contribution in [2.75, 3.05) is 6.61 Å². The van der Waals surface area contributed by atoms with Gasteiger partial charge in [0.15, 0.2) is 0 Å². The Balaban J connectivity index is 3.43. The predicted molar refractivity (Wildman–Crippen MR) is 288 cm³/mol. The van der Waals surface area contributed by atoms with Gasteiger partial charge in [0, 0.05) is 0 Å². The van der Waals surface area contributed by atoms with Crippen molar-refractivity contribution in [1.82, 2.24) is 5.32 Å². The summed E-state index contributed by atoms with van der Waals surface area (Å²) >= 11 is 0. The Kier molecular flexibility index (Phi) is 54.7. The maximum Gasteiger partial charge on any atom is 0.249 e. The molecule has 5 N–H and O–H groups in total. The number of carbonyl (C=O) groups excluding carboxylic acids is 1. The summed E-state index contributed by atoms with van der Waals surface area (Å²) < 4.78 is 0. The van der Waals surface area contributed by atoms with Crippen LogP contribution in [0.4, 0.5) is 0 Å². The van der Waals surface area contributed by atoms with Gasteiger partial charge >= 0.3 is 0 Å². The maximum atomic E-state index is 12.6. The Morgan fingerprint density at radius 1 is 0.318 bits per heavy atom.